The lowest BCUT2D eigenvalue weighted by Crippen LogP contribution is -2.51. The van der Waals surface area contributed by atoms with Crippen LogP contribution in [0.1, 0.15) is 31.1 Å². The van der Waals surface area contributed by atoms with E-state index in [9.17, 15) is 14.4 Å². The Hall–Kier alpha value is -2.17. The molecule has 0 unspecified atom stereocenters. The molecule has 0 aliphatic rings. The first-order valence-corrected chi connectivity index (χ1v) is 6.49. The van der Waals surface area contributed by atoms with E-state index in [2.05, 4.69) is 0 Å². The number of hydrogen-bond donors (Lipinski definition) is 1. The summed E-state index contributed by atoms with van der Waals surface area (Å²) >= 11 is 0. The number of primary amides is 1. The summed E-state index contributed by atoms with van der Waals surface area (Å²) < 4.78 is 0. The Morgan fingerprint density at radius 2 is 1.70 bits per heavy atom. The Morgan fingerprint density at radius 1 is 1.15 bits per heavy atom. The fraction of sp³-hybridized carbons (Fsp3) is 0.400. The van der Waals surface area contributed by atoms with Crippen LogP contribution in [0, 0.1) is 5.92 Å². The lowest BCUT2D eigenvalue weighted by Gasteiger charge is -2.30. The average molecular weight is 276 g/mol. The highest BCUT2D eigenvalue weighted by molar-refractivity contribution is 6.00. The number of ketones is 1. The highest BCUT2D eigenvalue weighted by Gasteiger charge is 2.30. The molecule has 0 fully saturated rings. The van der Waals surface area contributed by atoms with Gasteiger partial charge in [-0.15, -0.1) is 0 Å². The topological polar surface area (TPSA) is 80.5 Å². The van der Waals surface area contributed by atoms with Crippen molar-refractivity contribution in [3.63, 3.8) is 0 Å². The smallest absolute Gasteiger partial charge is 0.240 e. The van der Waals surface area contributed by atoms with Gasteiger partial charge in [-0.2, -0.15) is 0 Å². The summed E-state index contributed by atoms with van der Waals surface area (Å²) in [4.78, 5) is 36.7. The molecule has 0 aliphatic carbocycles. The Balaban J connectivity index is 2.96. The van der Waals surface area contributed by atoms with Crippen LogP contribution in [0.4, 0.5) is 0 Å². The minimum Gasteiger partial charge on any atom is -0.368 e. The third-order valence-electron chi connectivity index (χ3n) is 3.07. The predicted molar refractivity (Wildman–Crippen MR) is 76.0 cm³/mol. The van der Waals surface area contributed by atoms with Crippen LogP contribution in [0.2, 0.25) is 0 Å². The van der Waals surface area contributed by atoms with E-state index in [1.54, 1.807) is 44.2 Å². The van der Waals surface area contributed by atoms with Crippen LogP contribution in [-0.4, -0.2) is 35.1 Å². The SMILES string of the molecule is CC(=O)N(CC(=O)c1ccccc1)[C@H](C(N)=O)C(C)C. The molecule has 2 N–H and O–H groups in total. The van der Waals surface area contributed by atoms with Gasteiger partial charge in [0.25, 0.3) is 0 Å². The monoisotopic (exact) mass is 276 g/mol. The van der Waals surface area contributed by atoms with Gasteiger partial charge in [0.1, 0.15) is 6.04 Å². The van der Waals surface area contributed by atoms with Crippen molar-refractivity contribution in [2.45, 2.75) is 26.8 Å². The summed E-state index contributed by atoms with van der Waals surface area (Å²) in [5, 5.41) is 0. The van der Waals surface area contributed by atoms with E-state index in [4.69, 9.17) is 5.73 Å². The average Bonchev–Trinajstić information content (AvgIpc) is 2.37. The number of benzene rings is 1. The molecule has 20 heavy (non-hydrogen) atoms. The van der Waals surface area contributed by atoms with Crippen LogP contribution in [0.5, 0.6) is 0 Å². The van der Waals surface area contributed by atoms with Crippen molar-refractivity contribution in [3.8, 4) is 0 Å². The normalized spacial score (nSPS) is 12.0. The van der Waals surface area contributed by atoms with Gasteiger partial charge in [-0.05, 0) is 5.92 Å². The molecule has 1 rings (SSSR count). The zero-order valence-electron chi connectivity index (χ0n) is 12.0. The number of Topliss-reactive ketones (excluding diaryl/α,β-unsaturated/α-hetero) is 1. The summed E-state index contributed by atoms with van der Waals surface area (Å²) in [6.07, 6.45) is 0. The zero-order valence-corrected chi connectivity index (χ0v) is 12.0. The molecule has 1 aromatic carbocycles. The number of nitrogens with two attached hydrogens (primary N) is 1. The summed E-state index contributed by atoms with van der Waals surface area (Å²) in [5.74, 6) is -1.31. The standard InChI is InChI=1S/C15H20N2O3/c1-10(2)14(15(16)20)17(11(3)18)9-13(19)12-7-5-4-6-8-12/h4-8,10,14H,9H2,1-3H3,(H2,16,20)/t14-/m0/s1. The van der Waals surface area contributed by atoms with Gasteiger partial charge >= 0.3 is 0 Å². The molecule has 0 bridgehead atoms. The molecule has 0 saturated heterocycles. The minimum absolute atomic E-state index is 0.148. The summed E-state index contributed by atoms with van der Waals surface area (Å²) in [6.45, 7) is 4.76. The summed E-state index contributed by atoms with van der Waals surface area (Å²) in [6, 6.07) is 7.88. The Bertz CT molecular complexity index is 497. The van der Waals surface area contributed by atoms with Crippen molar-refractivity contribution < 1.29 is 14.4 Å². The number of carbonyl (C=O) groups excluding carboxylic acids is 3. The van der Waals surface area contributed by atoms with Crippen molar-refractivity contribution in [2.24, 2.45) is 11.7 Å². The van der Waals surface area contributed by atoms with Gasteiger partial charge in [0.15, 0.2) is 5.78 Å². The molecule has 108 valence electrons. The first kappa shape index (κ1) is 15.9. The predicted octanol–water partition coefficient (Wildman–Crippen LogP) is 1.23. The van der Waals surface area contributed by atoms with Crippen LogP contribution in [0.25, 0.3) is 0 Å². The highest BCUT2D eigenvalue weighted by Crippen LogP contribution is 2.12. The molecule has 1 aromatic rings. The van der Waals surface area contributed by atoms with E-state index >= 15 is 0 Å². The van der Waals surface area contributed by atoms with Crippen molar-refractivity contribution in [2.75, 3.05) is 6.54 Å². The van der Waals surface area contributed by atoms with Crippen LogP contribution in [0.3, 0.4) is 0 Å². The van der Waals surface area contributed by atoms with Crippen LogP contribution < -0.4 is 5.73 Å². The number of hydrogen-bond acceptors (Lipinski definition) is 3. The maximum atomic E-state index is 12.2. The van der Waals surface area contributed by atoms with Gasteiger partial charge < -0.3 is 10.6 Å². The molecule has 0 aliphatic heterocycles. The molecule has 0 saturated carbocycles. The Kier molecular flexibility index (Phi) is 5.43. The lowest BCUT2D eigenvalue weighted by molar-refractivity contribution is -0.138. The largest absolute Gasteiger partial charge is 0.368 e. The first-order chi connectivity index (χ1) is 9.34. The molecule has 1 atom stereocenters. The minimum atomic E-state index is -0.778. The van der Waals surface area contributed by atoms with Gasteiger partial charge in [-0.1, -0.05) is 44.2 Å². The number of amides is 2. The van der Waals surface area contributed by atoms with E-state index < -0.39 is 11.9 Å². The Morgan fingerprint density at radius 3 is 2.10 bits per heavy atom. The van der Waals surface area contributed by atoms with Crippen LogP contribution in [-0.2, 0) is 9.59 Å². The van der Waals surface area contributed by atoms with Crippen molar-refractivity contribution in [1.82, 2.24) is 4.90 Å². The molecule has 2 amide bonds. The second-order valence-electron chi connectivity index (χ2n) is 5.03. The van der Waals surface area contributed by atoms with Gasteiger partial charge in [-0.3, -0.25) is 14.4 Å². The second-order valence-corrected chi connectivity index (χ2v) is 5.03. The van der Waals surface area contributed by atoms with Gasteiger partial charge in [0.05, 0.1) is 6.54 Å². The third-order valence-corrected chi connectivity index (χ3v) is 3.07. The molecule has 5 heteroatoms. The maximum Gasteiger partial charge on any atom is 0.240 e. The van der Waals surface area contributed by atoms with E-state index in [0.29, 0.717) is 5.56 Å². The summed E-state index contributed by atoms with van der Waals surface area (Å²) in [7, 11) is 0. The zero-order chi connectivity index (χ0) is 15.3. The molecule has 0 heterocycles. The molecular formula is C15H20N2O3. The Labute approximate surface area is 118 Å². The third kappa shape index (κ3) is 3.91. The maximum absolute atomic E-state index is 12.2. The molecule has 0 radical (unpaired) electrons. The quantitative estimate of drug-likeness (QED) is 0.793. The molecule has 0 aromatic heterocycles. The van der Waals surface area contributed by atoms with Gasteiger partial charge in [-0.25, -0.2) is 0 Å². The van der Waals surface area contributed by atoms with E-state index in [-0.39, 0.29) is 24.2 Å². The van der Waals surface area contributed by atoms with Crippen molar-refractivity contribution in [3.05, 3.63) is 35.9 Å². The van der Waals surface area contributed by atoms with E-state index in [1.807, 2.05) is 0 Å². The molecular weight excluding hydrogens is 256 g/mol. The molecule has 5 nitrogen and oxygen atoms in total. The number of carbonyl (C=O) groups is 3. The van der Waals surface area contributed by atoms with Crippen LogP contribution >= 0.6 is 0 Å². The van der Waals surface area contributed by atoms with Crippen molar-refractivity contribution >= 4 is 17.6 Å². The lowest BCUT2D eigenvalue weighted by atomic mass is 10.0. The van der Waals surface area contributed by atoms with Gasteiger partial charge in [0, 0.05) is 12.5 Å². The number of rotatable bonds is 6. The molecule has 0 spiro atoms. The summed E-state index contributed by atoms with van der Waals surface area (Å²) in [5.41, 5.74) is 5.85. The first-order valence-electron chi connectivity index (χ1n) is 6.49. The number of nitrogens with zero attached hydrogens (tertiary/aromatic N) is 1. The fourth-order valence-electron chi connectivity index (χ4n) is 2.12. The van der Waals surface area contributed by atoms with Gasteiger partial charge in [0.2, 0.25) is 11.8 Å². The van der Waals surface area contributed by atoms with E-state index in [1.165, 1.54) is 11.8 Å². The highest BCUT2D eigenvalue weighted by atomic mass is 16.2. The van der Waals surface area contributed by atoms with Crippen LogP contribution in [0.15, 0.2) is 30.3 Å². The van der Waals surface area contributed by atoms with E-state index in [0.717, 1.165) is 0 Å². The van der Waals surface area contributed by atoms with Crippen molar-refractivity contribution in [1.29, 1.82) is 0 Å². The second kappa shape index (κ2) is 6.84. The fourth-order valence-corrected chi connectivity index (χ4v) is 2.12.